The molecule has 19 heavy (non-hydrogen) atoms. The summed E-state index contributed by atoms with van der Waals surface area (Å²) < 4.78 is 5.75. The average Bonchev–Trinajstić information content (AvgIpc) is 2.46. The van der Waals surface area contributed by atoms with Gasteiger partial charge in [-0.25, -0.2) is 0 Å². The molecule has 0 saturated carbocycles. The molecule has 1 heterocycles. The lowest BCUT2D eigenvalue weighted by atomic mass is 10.2. The Balaban J connectivity index is 1.81. The fourth-order valence-corrected chi connectivity index (χ4v) is 1.98. The van der Waals surface area contributed by atoms with Gasteiger partial charge in [0.1, 0.15) is 12.4 Å². The Labute approximate surface area is 115 Å². The first-order valence-electron chi connectivity index (χ1n) is 5.91. The van der Waals surface area contributed by atoms with E-state index in [1.54, 1.807) is 6.07 Å². The number of ether oxygens (including phenoxy) is 1. The molecule has 0 aliphatic heterocycles. The van der Waals surface area contributed by atoms with E-state index in [0.717, 1.165) is 22.2 Å². The van der Waals surface area contributed by atoms with E-state index in [4.69, 9.17) is 16.3 Å². The summed E-state index contributed by atoms with van der Waals surface area (Å²) in [6, 6.07) is 17.5. The van der Waals surface area contributed by atoms with Crippen LogP contribution in [0, 0.1) is 0 Å². The van der Waals surface area contributed by atoms with Crippen LogP contribution in [0.3, 0.4) is 0 Å². The molecule has 0 saturated heterocycles. The number of halogens is 1. The number of fused-ring (bicyclic) bond motifs is 1. The zero-order valence-corrected chi connectivity index (χ0v) is 10.8. The molecule has 0 aliphatic rings. The maximum atomic E-state index is 5.83. The molecular weight excluding hydrogens is 260 g/mol. The number of hydrogen-bond acceptors (Lipinski definition) is 3. The zero-order chi connectivity index (χ0) is 13.1. The van der Waals surface area contributed by atoms with Gasteiger partial charge in [0.25, 0.3) is 0 Å². The molecule has 0 amide bonds. The molecule has 0 aliphatic carbocycles. The highest BCUT2D eigenvalue weighted by atomic mass is 35.5. The molecule has 2 aromatic carbocycles. The summed E-state index contributed by atoms with van der Waals surface area (Å²) in [5.41, 5.74) is 1.94. The van der Waals surface area contributed by atoms with Crippen LogP contribution in [0.25, 0.3) is 10.9 Å². The van der Waals surface area contributed by atoms with Gasteiger partial charge >= 0.3 is 0 Å². The molecule has 0 fully saturated rings. The van der Waals surface area contributed by atoms with E-state index < -0.39 is 0 Å². The summed E-state index contributed by atoms with van der Waals surface area (Å²) in [6.07, 6.45) is 0. The van der Waals surface area contributed by atoms with Crippen LogP contribution in [0.15, 0.2) is 54.6 Å². The smallest absolute Gasteiger partial charge is 0.152 e. The van der Waals surface area contributed by atoms with Gasteiger partial charge in [-0.15, -0.1) is 10.2 Å². The Morgan fingerprint density at radius 2 is 1.79 bits per heavy atom. The third-order valence-corrected chi connectivity index (χ3v) is 2.96. The quantitative estimate of drug-likeness (QED) is 0.725. The fraction of sp³-hybridized carbons (Fsp3) is 0.0667. The first kappa shape index (κ1) is 11.9. The summed E-state index contributed by atoms with van der Waals surface area (Å²) in [5.74, 6) is 0.792. The van der Waals surface area contributed by atoms with Crippen molar-refractivity contribution in [2.24, 2.45) is 0 Å². The van der Waals surface area contributed by atoms with Crippen LogP contribution in [-0.4, -0.2) is 10.2 Å². The number of aromatic nitrogens is 2. The van der Waals surface area contributed by atoms with Gasteiger partial charge in [0.2, 0.25) is 0 Å². The number of nitrogens with zero attached hydrogens (tertiary/aromatic N) is 2. The summed E-state index contributed by atoms with van der Waals surface area (Å²) >= 11 is 5.83. The molecule has 0 spiro atoms. The topological polar surface area (TPSA) is 35.0 Å². The van der Waals surface area contributed by atoms with Crippen LogP contribution < -0.4 is 4.74 Å². The van der Waals surface area contributed by atoms with Crippen molar-refractivity contribution in [3.05, 3.63) is 65.3 Å². The second-order valence-corrected chi connectivity index (χ2v) is 4.55. The van der Waals surface area contributed by atoms with E-state index in [9.17, 15) is 0 Å². The van der Waals surface area contributed by atoms with Gasteiger partial charge in [-0.05, 0) is 29.8 Å². The van der Waals surface area contributed by atoms with Gasteiger partial charge in [0.05, 0.1) is 5.52 Å². The van der Waals surface area contributed by atoms with Gasteiger partial charge in [-0.2, -0.15) is 0 Å². The van der Waals surface area contributed by atoms with E-state index in [1.165, 1.54) is 0 Å². The minimum Gasteiger partial charge on any atom is -0.489 e. The summed E-state index contributed by atoms with van der Waals surface area (Å²) in [7, 11) is 0. The lowest BCUT2D eigenvalue weighted by molar-refractivity contribution is 0.306. The molecular formula is C15H11ClN2O. The highest BCUT2D eigenvalue weighted by Crippen LogP contribution is 2.21. The summed E-state index contributed by atoms with van der Waals surface area (Å²) in [4.78, 5) is 0. The van der Waals surface area contributed by atoms with Gasteiger partial charge in [-0.1, -0.05) is 41.9 Å². The summed E-state index contributed by atoms with van der Waals surface area (Å²) in [6.45, 7) is 0.540. The highest BCUT2D eigenvalue weighted by Gasteiger charge is 2.01. The number of hydrogen-bond donors (Lipinski definition) is 0. The van der Waals surface area contributed by atoms with Crippen LogP contribution in [0.2, 0.25) is 5.15 Å². The van der Waals surface area contributed by atoms with Crippen molar-refractivity contribution < 1.29 is 4.74 Å². The van der Waals surface area contributed by atoms with E-state index in [1.807, 2.05) is 48.5 Å². The van der Waals surface area contributed by atoms with Crippen molar-refractivity contribution in [3.8, 4) is 5.75 Å². The Morgan fingerprint density at radius 1 is 0.947 bits per heavy atom. The van der Waals surface area contributed by atoms with Crippen molar-refractivity contribution in [2.45, 2.75) is 6.61 Å². The molecule has 3 nitrogen and oxygen atoms in total. The third kappa shape index (κ3) is 2.83. The minimum absolute atomic E-state index is 0.382. The van der Waals surface area contributed by atoms with Crippen molar-refractivity contribution in [1.29, 1.82) is 0 Å². The van der Waals surface area contributed by atoms with E-state index >= 15 is 0 Å². The first-order valence-corrected chi connectivity index (χ1v) is 6.29. The Kier molecular flexibility index (Phi) is 3.29. The summed E-state index contributed by atoms with van der Waals surface area (Å²) in [5, 5.41) is 9.11. The standard InChI is InChI=1S/C15H11ClN2O/c16-15-9-12-8-13(6-7-14(12)17-18-15)19-10-11-4-2-1-3-5-11/h1-9H,10H2. The van der Waals surface area contributed by atoms with Crippen LogP contribution in [0.1, 0.15) is 5.56 Å². The molecule has 0 N–H and O–H groups in total. The highest BCUT2D eigenvalue weighted by molar-refractivity contribution is 6.29. The van der Waals surface area contributed by atoms with Crippen LogP contribution in [0.5, 0.6) is 5.75 Å². The molecule has 4 heteroatoms. The third-order valence-electron chi connectivity index (χ3n) is 2.78. The lowest BCUT2D eigenvalue weighted by Gasteiger charge is -2.07. The Bertz CT molecular complexity index is 701. The molecule has 3 rings (SSSR count). The SMILES string of the molecule is Clc1cc2cc(OCc3ccccc3)ccc2nn1. The van der Waals surface area contributed by atoms with Crippen LogP contribution in [0.4, 0.5) is 0 Å². The van der Waals surface area contributed by atoms with Crippen molar-refractivity contribution in [3.63, 3.8) is 0 Å². The van der Waals surface area contributed by atoms with Crippen molar-refractivity contribution in [1.82, 2.24) is 10.2 Å². The largest absolute Gasteiger partial charge is 0.489 e. The van der Waals surface area contributed by atoms with Gasteiger partial charge in [-0.3, -0.25) is 0 Å². The normalized spacial score (nSPS) is 10.6. The van der Waals surface area contributed by atoms with Crippen molar-refractivity contribution in [2.75, 3.05) is 0 Å². The fourth-order valence-electron chi connectivity index (χ4n) is 1.83. The van der Waals surface area contributed by atoms with Crippen LogP contribution in [-0.2, 0) is 6.61 Å². The maximum absolute atomic E-state index is 5.83. The van der Waals surface area contributed by atoms with Crippen LogP contribution >= 0.6 is 11.6 Å². The van der Waals surface area contributed by atoms with Gasteiger partial charge < -0.3 is 4.74 Å². The molecule has 0 radical (unpaired) electrons. The van der Waals surface area contributed by atoms with E-state index in [-0.39, 0.29) is 0 Å². The van der Waals surface area contributed by atoms with E-state index in [2.05, 4.69) is 10.2 Å². The molecule has 1 aromatic heterocycles. The molecule has 94 valence electrons. The van der Waals surface area contributed by atoms with Crippen molar-refractivity contribution >= 4 is 22.5 Å². The zero-order valence-electron chi connectivity index (χ0n) is 10.1. The molecule has 0 bridgehead atoms. The first-order chi connectivity index (χ1) is 9.31. The second kappa shape index (κ2) is 5.24. The lowest BCUT2D eigenvalue weighted by Crippen LogP contribution is -1.95. The number of benzene rings is 2. The second-order valence-electron chi connectivity index (χ2n) is 4.16. The molecule has 0 unspecified atom stereocenters. The predicted octanol–water partition coefficient (Wildman–Crippen LogP) is 3.86. The van der Waals surface area contributed by atoms with Gasteiger partial charge in [0, 0.05) is 5.39 Å². The monoisotopic (exact) mass is 270 g/mol. The Morgan fingerprint density at radius 3 is 2.63 bits per heavy atom. The average molecular weight is 271 g/mol. The molecule has 3 aromatic rings. The Hall–Kier alpha value is -2.13. The van der Waals surface area contributed by atoms with Gasteiger partial charge in [0.15, 0.2) is 5.15 Å². The minimum atomic E-state index is 0.382. The van der Waals surface area contributed by atoms with E-state index in [0.29, 0.717) is 11.8 Å². The molecule has 0 atom stereocenters. The predicted molar refractivity (Wildman–Crippen MR) is 75.3 cm³/mol. The maximum Gasteiger partial charge on any atom is 0.152 e. The number of rotatable bonds is 3.